The zero-order chi connectivity index (χ0) is 9.97. The van der Waals surface area contributed by atoms with Crippen molar-refractivity contribution in [3.8, 4) is 11.4 Å². The molecule has 0 unspecified atom stereocenters. The van der Waals surface area contributed by atoms with Gasteiger partial charge in [-0.15, -0.1) is 17.0 Å². The molecule has 0 saturated carbocycles. The quantitative estimate of drug-likeness (QED) is 0.910. The van der Waals surface area contributed by atoms with Gasteiger partial charge in [-0.3, -0.25) is 0 Å². The molecule has 0 atom stereocenters. The minimum absolute atomic E-state index is 0. The number of halogens is 1. The van der Waals surface area contributed by atoms with Crippen LogP contribution in [0.15, 0.2) is 36.7 Å². The SMILES string of the molecule is Br.CCc1nccn1-c1ccc(O)cc1. The normalized spacial score (nSPS) is 9.67. The second kappa shape index (κ2) is 4.98. The van der Waals surface area contributed by atoms with Gasteiger partial charge in [0.15, 0.2) is 0 Å². The van der Waals surface area contributed by atoms with Gasteiger partial charge in [0.05, 0.1) is 0 Å². The van der Waals surface area contributed by atoms with Crippen LogP contribution in [0.3, 0.4) is 0 Å². The molecular weight excluding hydrogens is 256 g/mol. The number of phenols is 1. The van der Waals surface area contributed by atoms with E-state index in [0.29, 0.717) is 0 Å². The fourth-order valence-electron chi connectivity index (χ4n) is 1.44. The van der Waals surface area contributed by atoms with E-state index in [-0.39, 0.29) is 22.7 Å². The molecule has 2 aromatic rings. The maximum Gasteiger partial charge on any atom is 0.115 e. The monoisotopic (exact) mass is 268 g/mol. The van der Waals surface area contributed by atoms with Crippen LogP contribution < -0.4 is 0 Å². The van der Waals surface area contributed by atoms with Crippen LogP contribution in [0, 0.1) is 0 Å². The summed E-state index contributed by atoms with van der Waals surface area (Å²) in [4.78, 5) is 4.23. The smallest absolute Gasteiger partial charge is 0.115 e. The van der Waals surface area contributed by atoms with E-state index in [1.54, 1.807) is 18.3 Å². The molecule has 2 rings (SSSR count). The van der Waals surface area contributed by atoms with Crippen LogP contribution in [0.2, 0.25) is 0 Å². The third kappa shape index (κ3) is 2.39. The van der Waals surface area contributed by atoms with Gasteiger partial charge in [-0.25, -0.2) is 4.98 Å². The molecular formula is C11H13BrN2O. The number of hydrogen-bond acceptors (Lipinski definition) is 2. The van der Waals surface area contributed by atoms with E-state index in [4.69, 9.17) is 5.11 Å². The lowest BCUT2D eigenvalue weighted by atomic mass is 10.3. The maximum atomic E-state index is 9.16. The van der Waals surface area contributed by atoms with Crippen LogP contribution in [0.5, 0.6) is 5.75 Å². The Bertz CT molecular complexity index is 422. The largest absolute Gasteiger partial charge is 0.508 e. The second-order valence-electron chi connectivity index (χ2n) is 3.08. The first-order valence-electron chi connectivity index (χ1n) is 4.63. The third-order valence-corrected chi connectivity index (χ3v) is 2.16. The van der Waals surface area contributed by atoms with Gasteiger partial charge in [0.2, 0.25) is 0 Å². The van der Waals surface area contributed by atoms with Crippen LogP contribution in [-0.4, -0.2) is 14.7 Å². The van der Waals surface area contributed by atoms with Gasteiger partial charge in [-0.2, -0.15) is 0 Å². The van der Waals surface area contributed by atoms with Crippen LogP contribution in [-0.2, 0) is 6.42 Å². The zero-order valence-electron chi connectivity index (χ0n) is 8.42. The summed E-state index contributed by atoms with van der Waals surface area (Å²) in [6.07, 6.45) is 4.60. The number of benzene rings is 1. The van der Waals surface area contributed by atoms with E-state index in [9.17, 15) is 0 Å². The molecule has 1 N–H and O–H groups in total. The lowest BCUT2D eigenvalue weighted by Gasteiger charge is -2.05. The first-order valence-corrected chi connectivity index (χ1v) is 4.63. The number of imidazole rings is 1. The van der Waals surface area contributed by atoms with Crippen molar-refractivity contribution in [1.82, 2.24) is 9.55 Å². The van der Waals surface area contributed by atoms with E-state index in [0.717, 1.165) is 17.9 Å². The summed E-state index contributed by atoms with van der Waals surface area (Å²) in [5.41, 5.74) is 1.03. The molecule has 0 spiro atoms. The highest BCUT2D eigenvalue weighted by atomic mass is 79.9. The number of hydrogen-bond donors (Lipinski definition) is 1. The Hall–Kier alpha value is -1.29. The number of aryl methyl sites for hydroxylation is 1. The Morgan fingerprint density at radius 1 is 1.27 bits per heavy atom. The summed E-state index contributed by atoms with van der Waals surface area (Å²) >= 11 is 0. The Morgan fingerprint density at radius 3 is 2.53 bits per heavy atom. The van der Waals surface area contributed by atoms with E-state index < -0.39 is 0 Å². The van der Waals surface area contributed by atoms with Crippen LogP contribution in [0.1, 0.15) is 12.7 Å². The molecule has 1 heterocycles. The fourth-order valence-corrected chi connectivity index (χ4v) is 1.44. The minimum Gasteiger partial charge on any atom is -0.508 e. The van der Waals surface area contributed by atoms with Gasteiger partial charge in [-0.05, 0) is 24.3 Å². The highest BCUT2D eigenvalue weighted by Crippen LogP contribution is 2.15. The third-order valence-electron chi connectivity index (χ3n) is 2.16. The molecule has 1 aromatic carbocycles. The minimum atomic E-state index is 0. The molecule has 0 fully saturated rings. The summed E-state index contributed by atoms with van der Waals surface area (Å²) in [6, 6.07) is 7.09. The summed E-state index contributed by atoms with van der Waals surface area (Å²) < 4.78 is 2.01. The average Bonchev–Trinajstić information content (AvgIpc) is 2.67. The number of aromatic hydroxyl groups is 1. The van der Waals surface area contributed by atoms with Gasteiger partial charge in [0, 0.05) is 24.5 Å². The topological polar surface area (TPSA) is 38.0 Å². The van der Waals surface area contributed by atoms with Crippen molar-refractivity contribution in [1.29, 1.82) is 0 Å². The lowest BCUT2D eigenvalue weighted by Crippen LogP contribution is -1.98. The number of rotatable bonds is 2. The average molecular weight is 269 g/mol. The first-order chi connectivity index (χ1) is 6.81. The molecule has 0 aliphatic rings. The van der Waals surface area contributed by atoms with E-state index in [1.165, 1.54) is 0 Å². The van der Waals surface area contributed by atoms with E-state index in [2.05, 4.69) is 11.9 Å². The Morgan fingerprint density at radius 2 is 1.93 bits per heavy atom. The second-order valence-corrected chi connectivity index (χ2v) is 3.08. The molecule has 0 saturated heterocycles. The molecule has 0 amide bonds. The van der Waals surface area contributed by atoms with Crippen molar-refractivity contribution in [3.05, 3.63) is 42.5 Å². The molecule has 0 bridgehead atoms. The zero-order valence-corrected chi connectivity index (χ0v) is 10.1. The lowest BCUT2D eigenvalue weighted by molar-refractivity contribution is 0.475. The predicted molar refractivity (Wildman–Crippen MR) is 64.9 cm³/mol. The van der Waals surface area contributed by atoms with Gasteiger partial charge in [0.25, 0.3) is 0 Å². The van der Waals surface area contributed by atoms with Crippen molar-refractivity contribution in [3.63, 3.8) is 0 Å². The molecule has 15 heavy (non-hydrogen) atoms. The molecule has 0 aliphatic carbocycles. The van der Waals surface area contributed by atoms with E-state index in [1.807, 2.05) is 22.9 Å². The standard InChI is InChI=1S/C11H12N2O.BrH/c1-2-11-12-7-8-13(11)9-3-5-10(14)6-4-9;/h3-8,14H,2H2,1H3;1H. The first kappa shape index (κ1) is 11.8. The maximum absolute atomic E-state index is 9.16. The highest BCUT2D eigenvalue weighted by molar-refractivity contribution is 8.93. The van der Waals surface area contributed by atoms with E-state index >= 15 is 0 Å². The van der Waals surface area contributed by atoms with Gasteiger partial charge < -0.3 is 9.67 Å². The summed E-state index contributed by atoms with van der Waals surface area (Å²) in [7, 11) is 0. The molecule has 1 aromatic heterocycles. The molecule has 0 aliphatic heterocycles. The van der Waals surface area contributed by atoms with Crippen molar-refractivity contribution in [2.45, 2.75) is 13.3 Å². The Kier molecular flexibility index (Phi) is 3.91. The van der Waals surface area contributed by atoms with Crippen LogP contribution in [0.4, 0.5) is 0 Å². The van der Waals surface area contributed by atoms with Crippen molar-refractivity contribution in [2.75, 3.05) is 0 Å². The van der Waals surface area contributed by atoms with Gasteiger partial charge in [0.1, 0.15) is 11.6 Å². The van der Waals surface area contributed by atoms with Gasteiger partial charge in [-0.1, -0.05) is 6.92 Å². The van der Waals surface area contributed by atoms with Gasteiger partial charge >= 0.3 is 0 Å². The molecule has 80 valence electrons. The van der Waals surface area contributed by atoms with Crippen LogP contribution >= 0.6 is 17.0 Å². The highest BCUT2D eigenvalue weighted by Gasteiger charge is 2.01. The number of aromatic nitrogens is 2. The summed E-state index contributed by atoms with van der Waals surface area (Å²) in [6.45, 7) is 2.07. The predicted octanol–water partition coefficient (Wildman–Crippen LogP) is 2.72. The van der Waals surface area contributed by atoms with Crippen molar-refractivity contribution >= 4 is 17.0 Å². The Balaban J connectivity index is 0.00000112. The summed E-state index contributed by atoms with van der Waals surface area (Å²) in [5, 5.41) is 9.16. The summed E-state index contributed by atoms with van der Waals surface area (Å²) in [5.74, 6) is 1.31. The van der Waals surface area contributed by atoms with Crippen molar-refractivity contribution < 1.29 is 5.11 Å². The Labute approximate surface area is 99.2 Å². The fraction of sp³-hybridized carbons (Fsp3) is 0.182. The van der Waals surface area contributed by atoms with Crippen molar-refractivity contribution in [2.24, 2.45) is 0 Å². The number of nitrogens with zero attached hydrogens (tertiary/aromatic N) is 2. The number of phenolic OH excluding ortho intramolecular Hbond substituents is 1. The molecule has 4 heteroatoms. The molecule has 3 nitrogen and oxygen atoms in total. The molecule has 0 radical (unpaired) electrons. The van der Waals surface area contributed by atoms with Crippen LogP contribution in [0.25, 0.3) is 5.69 Å².